The predicted molar refractivity (Wildman–Crippen MR) is 164 cm³/mol. The monoisotopic (exact) mass is 571 g/mol. The standard InChI is InChI=1S/C35H41NO6/c1-5-21-41-28-15-12-26(13-16-28)33(37)31-32(36(35(39)34(31)38)20-18-25-10-8-7-9-11-25)27-14-17-29(30(23-27)40-6-2)42-22-19-24(3)4/h7-17,23-24,32,37H,5-6,18-22H2,1-4H3/b33-31+. The number of aliphatic hydroxyl groups is 1. The molecular weight excluding hydrogens is 530 g/mol. The van der Waals surface area contributed by atoms with E-state index in [9.17, 15) is 14.7 Å². The van der Waals surface area contributed by atoms with Crippen molar-refractivity contribution in [2.75, 3.05) is 26.4 Å². The van der Waals surface area contributed by atoms with Gasteiger partial charge in [-0.25, -0.2) is 0 Å². The second-order valence-electron chi connectivity index (χ2n) is 10.8. The average molecular weight is 572 g/mol. The third kappa shape index (κ3) is 7.32. The molecule has 0 saturated carbocycles. The molecule has 0 spiro atoms. The van der Waals surface area contributed by atoms with Crippen LogP contribution in [0.15, 0.2) is 78.4 Å². The Balaban J connectivity index is 1.75. The van der Waals surface area contributed by atoms with Crippen LogP contribution >= 0.6 is 0 Å². The highest BCUT2D eigenvalue weighted by molar-refractivity contribution is 6.46. The van der Waals surface area contributed by atoms with Crippen LogP contribution in [0.25, 0.3) is 5.76 Å². The second kappa shape index (κ2) is 14.6. The van der Waals surface area contributed by atoms with Gasteiger partial charge in [0.1, 0.15) is 11.5 Å². The Morgan fingerprint density at radius 2 is 1.62 bits per heavy atom. The van der Waals surface area contributed by atoms with Gasteiger partial charge in [-0.1, -0.05) is 57.2 Å². The smallest absolute Gasteiger partial charge is 0.295 e. The van der Waals surface area contributed by atoms with Crippen molar-refractivity contribution in [3.8, 4) is 17.2 Å². The first kappa shape index (κ1) is 30.7. The minimum absolute atomic E-state index is 0.0474. The summed E-state index contributed by atoms with van der Waals surface area (Å²) in [5.74, 6) is 0.717. The maximum atomic E-state index is 13.5. The molecule has 222 valence electrons. The highest BCUT2D eigenvalue weighted by Crippen LogP contribution is 2.42. The molecule has 0 aromatic heterocycles. The fourth-order valence-electron chi connectivity index (χ4n) is 4.92. The summed E-state index contributed by atoms with van der Waals surface area (Å²) < 4.78 is 17.6. The SMILES string of the molecule is CCCOc1ccc(/C(O)=C2\C(=O)C(=O)N(CCc3ccccc3)C2c2ccc(OCCC(C)C)c(OCC)c2)cc1. The lowest BCUT2D eigenvalue weighted by molar-refractivity contribution is -0.139. The molecule has 3 aromatic rings. The van der Waals surface area contributed by atoms with E-state index in [0.29, 0.717) is 67.1 Å². The van der Waals surface area contributed by atoms with Gasteiger partial charge in [-0.15, -0.1) is 0 Å². The van der Waals surface area contributed by atoms with Gasteiger partial charge in [-0.3, -0.25) is 9.59 Å². The molecule has 0 aliphatic carbocycles. The van der Waals surface area contributed by atoms with Gasteiger partial charge in [-0.2, -0.15) is 0 Å². The van der Waals surface area contributed by atoms with Crippen LogP contribution in [0, 0.1) is 5.92 Å². The van der Waals surface area contributed by atoms with E-state index in [1.807, 2.05) is 62.4 Å². The normalized spacial score (nSPS) is 16.2. The summed E-state index contributed by atoms with van der Waals surface area (Å²) in [4.78, 5) is 28.5. The van der Waals surface area contributed by atoms with Crippen molar-refractivity contribution in [3.05, 3.63) is 95.1 Å². The first-order valence-corrected chi connectivity index (χ1v) is 14.8. The molecule has 1 atom stereocenters. The molecular formula is C35H41NO6. The number of likely N-dealkylation sites (tertiary alicyclic amines) is 1. The molecule has 42 heavy (non-hydrogen) atoms. The van der Waals surface area contributed by atoms with E-state index in [4.69, 9.17) is 14.2 Å². The predicted octanol–water partition coefficient (Wildman–Crippen LogP) is 6.96. The zero-order valence-electron chi connectivity index (χ0n) is 25.0. The highest BCUT2D eigenvalue weighted by atomic mass is 16.5. The number of hydrogen-bond acceptors (Lipinski definition) is 6. The van der Waals surface area contributed by atoms with Gasteiger partial charge in [0.15, 0.2) is 11.5 Å². The van der Waals surface area contributed by atoms with E-state index in [0.717, 1.165) is 18.4 Å². The zero-order chi connectivity index (χ0) is 30.1. The topological polar surface area (TPSA) is 85.3 Å². The Bertz CT molecular complexity index is 1380. The van der Waals surface area contributed by atoms with E-state index in [2.05, 4.69) is 13.8 Å². The van der Waals surface area contributed by atoms with Crippen molar-refractivity contribution in [2.24, 2.45) is 5.92 Å². The van der Waals surface area contributed by atoms with Crippen molar-refractivity contribution in [1.29, 1.82) is 0 Å². The summed E-state index contributed by atoms with van der Waals surface area (Å²) in [7, 11) is 0. The second-order valence-corrected chi connectivity index (χ2v) is 10.8. The van der Waals surface area contributed by atoms with Crippen LogP contribution in [0.1, 0.15) is 63.3 Å². The Morgan fingerprint density at radius 3 is 2.29 bits per heavy atom. The highest BCUT2D eigenvalue weighted by Gasteiger charge is 2.46. The van der Waals surface area contributed by atoms with E-state index >= 15 is 0 Å². The zero-order valence-corrected chi connectivity index (χ0v) is 25.0. The first-order valence-electron chi connectivity index (χ1n) is 14.8. The number of ketones is 1. The molecule has 1 fully saturated rings. The van der Waals surface area contributed by atoms with E-state index in [1.165, 1.54) is 0 Å². The van der Waals surface area contributed by atoms with Gasteiger partial charge < -0.3 is 24.2 Å². The molecule has 1 saturated heterocycles. The van der Waals surface area contributed by atoms with Gasteiger partial charge in [-0.05, 0) is 79.6 Å². The Morgan fingerprint density at radius 1 is 0.881 bits per heavy atom. The number of rotatable bonds is 14. The Labute approximate surface area is 248 Å². The summed E-state index contributed by atoms with van der Waals surface area (Å²) in [6.07, 6.45) is 2.33. The number of Topliss-reactive ketones (excluding diaryl/α,β-unsaturated/α-hetero) is 1. The van der Waals surface area contributed by atoms with Crippen LogP contribution < -0.4 is 14.2 Å². The largest absolute Gasteiger partial charge is 0.507 e. The summed E-state index contributed by atoms with van der Waals surface area (Å²) in [5, 5.41) is 11.5. The number of carbonyl (C=O) groups excluding carboxylic acids is 2. The van der Waals surface area contributed by atoms with Crippen LogP contribution in [0.2, 0.25) is 0 Å². The van der Waals surface area contributed by atoms with Crippen LogP contribution in [-0.2, 0) is 16.0 Å². The lowest BCUT2D eigenvalue weighted by Crippen LogP contribution is -2.31. The van der Waals surface area contributed by atoms with E-state index in [1.54, 1.807) is 29.2 Å². The molecule has 1 amide bonds. The lowest BCUT2D eigenvalue weighted by Gasteiger charge is -2.26. The Kier molecular flexibility index (Phi) is 10.7. The van der Waals surface area contributed by atoms with Crippen LogP contribution in [0.3, 0.4) is 0 Å². The molecule has 0 radical (unpaired) electrons. The number of nitrogens with zero attached hydrogens (tertiary/aromatic N) is 1. The minimum Gasteiger partial charge on any atom is -0.507 e. The van der Waals surface area contributed by atoms with Gasteiger partial charge in [0.25, 0.3) is 11.7 Å². The number of carbonyl (C=O) groups is 2. The fourth-order valence-corrected chi connectivity index (χ4v) is 4.92. The van der Waals surface area contributed by atoms with E-state index < -0.39 is 17.7 Å². The van der Waals surface area contributed by atoms with Crippen molar-refractivity contribution in [2.45, 2.75) is 53.0 Å². The third-order valence-electron chi connectivity index (χ3n) is 7.16. The molecule has 7 heteroatoms. The minimum atomic E-state index is -0.798. The van der Waals surface area contributed by atoms with Gasteiger partial charge in [0.2, 0.25) is 0 Å². The van der Waals surface area contributed by atoms with Crippen molar-refractivity contribution in [1.82, 2.24) is 4.90 Å². The number of benzene rings is 3. The fraction of sp³-hybridized carbons (Fsp3) is 0.371. The number of hydrogen-bond donors (Lipinski definition) is 1. The van der Waals surface area contributed by atoms with Gasteiger partial charge >= 0.3 is 0 Å². The number of aliphatic hydroxyl groups excluding tert-OH is 1. The van der Waals surface area contributed by atoms with Crippen molar-refractivity contribution < 1.29 is 28.9 Å². The molecule has 7 nitrogen and oxygen atoms in total. The summed E-state index contributed by atoms with van der Waals surface area (Å²) in [5.41, 5.74) is 2.19. The van der Waals surface area contributed by atoms with Gasteiger partial charge in [0, 0.05) is 12.1 Å². The molecule has 1 N–H and O–H groups in total. The van der Waals surface area contributed by atoms with Crippen molar-refractivity contribution >= 4 is 17.4 Å². The van der Waals surface area contributed by atoms with Gasteiger partial charge in [0.05, 0.1) is 31.4 Å². The quantitative estimate of drug-likeness (QED) is 0.128. The molecule has 1 aliphatic heterocycles. The lowest BCUT2D eigenvalue weighted by atomic mass is 9.94. The van der Waals surface area contributed by atoms with Crippen LogP contribution in [0.5, 0.6) is 17.2 Å². The van der Waals surface area contributed by atoms with Crippen LogP contribution in [-0.4, -0.2) is 48.1 Å². The summed E-state index contributed by atoms with van der Waals surface area (Å²) in [6.45, 7) is 10.0. The molecule has 0 bridgehead atoms. The molecule has 3 aromatic carbocycles. The maximum absolute atomic E-state index is 13.5. The van der Waals surface area contributed by atoms with Crippen LogP contribution in [0.4, 0.5) is 0 Å². The molecule has 1 heterocycles. The third-order valence-corrected chi connectivity index (χ3v) is 7.16. The summed E-state index contributed by atoms with van der Waals surface area (Å²) in [6, 6.07) is 21.4. The number of amides is 1. The number of ether oxygens (including phenoxy) is 3. The average Bonchev–Trinajstić information content (AvgIpc) is 3.25. The van der Waals surface area contributed by atoms with Crippen molar-refractivity contribution in [3.63, 3.8) is 0 Å². The first-order chi connectivity index (χ1) is 20.3. The molecule has 1 aliphatic rings. The maximum Gasteiger partial charge on any atom is 0.295 e. The molecule has 4 rings (SSSR count). The summed E-state index contributed by atoms with van der Waals surface area (Å²) >= 11 is 0. The Hall–Kier alpha value is -4.26. The van der Waals surface area contributed by atoms with E-state index in [-0.39, 0.29) is 11.3 Å². The molecule has 1 unspecified atom stereocenters.